The lowest BCUT2D eigenvalue weighted by atomic mass is 10.2. The molecule has 114 valence electrons. The van der Waals surface area contributed by atoms with Crippen LogP contribution in [0.2, 0.25) is 0 Å². The van der Waals surface area contributed by atoms with Gasteiger partial charge in [0.05, 0.1) is 10.6 Å². The van der Waals surface area contributed by atoms with Crippen LogP contribution < -0.4 is 11.1 Å². The third kappa shape index (κ3) is 3.98. The van der Waals surface area contributed by atoms with Crippen LogP contribution >= 0.6 is 0 Å². The second-order valence-electron chi connectivity index (χ2n) is 4.55. The molecule has 0 spiro atoms. The summed E-state index contributed by atoms with van der Waals surface area (Å²) >= 11 is 0. The van der Waals surface area contributed by atoms with E-state index in [1.807, 2.05) is 0 Å². The van der Waals surface area contributed by atoms with Crippen LogP contribution in [0.15, 0.2) is 30.5 Å². The van der Waals surface area contributed by atoms with Crippen LogP contribution in [-0.4, -0.2) is 27.7 Å². The highest BCUT2D eigenvalue weighted by Crippen LogP contribution is 2.26. The largest absolute Gasteiger partial charge is 0.399 e. The minimum atomic E-state index is -0.486. The maximum atomic E-state index is 11.0. The van der Waals surface area contributed by atoms with Gasteiger partial charge in [0.25, 0.3) is 5.69 Å². The fourth-order valence-electron chi connectivity index (χ4n) is 1.92. The van der Waals surface area contributed by atoms with E-state index in [4.69, 9.17) is 5.73 Å². The zero-order chi connectivity index (χ0) is 15.9. The van der Waals surface area contributed by atoms with Gasteiger partial charge in [-0.3, -0.25) is 10.1 Å². The van der Waals surface area contributed by atoms with Crippen molar-refractivity contribution >= 4 is 23.3 Å². The monoisotopic (exact) mass is 301 g/mol. The number of rotatable bonds is 7. The number of nitrogens with zero attached hydrogens (tertiary/aromatic N) is 3. The van der Waals surface area contributed by atoms with Crippen LogP contribution in [-0.2, 0) is 17.6 Å². The fraction of sp³-hybridized carbons (Fsp3) is 0.214. The Labute approximate surface area is 126 Å². The van der Waals surface area contributed by atoms with E-state index in [9.17, 15) is 14.9 Å². The molecule has 0 unspecified atom stereocenters. The van der Waals surface area contributed by atoms with E-state index in [0.717, 1.165) is 6.29 Å². The molecule has 1 aromatic carbocycles. The number of nitrogens with one attached hydrogen (secondary N) is 1. The number of aromatic nitrogens is 2. The van der Waals surface area contributed by atoms with Crippen molar-refractivity contribution in [3.05, 3.63) is 52.1 Å². The Kier molecular flexibility index (Phi) is 4.97. The summed E-state index contributed by atoms with van der Waals surface area (Å²) in [6.45, 7) is 0.426. The van der Waals surface area contributed by atoms with E-state index in [0.29, 0.717) is 35.9 Å². The third-order valence-electron chi connectivity index (χ3n) is 2.94. The van der Waals surface area contributed by atoms with Gasteiger partial charge in [-0.25, -0.2) is 9.97 Å². The first-order chi connectivity index (χ1) is 10.6. The van der Waals surface area contributed by atoms with Gasteiger partial charge in [-0.15, -0.1) is 0 Å². The molecule has 3 N–H and O–H groups in total. The minimum Gasteiger partial charge on any atom is -0.399 e. The first kappa shape index (κ1) is 15.4. The third-order valence-corrected chi connectivity index (χ3v) is 2.94. The van der Waals surface area contributed by atoms with Gasteiger partial charge in [-0.05, 0) is 18.2 Å². The number of nitrogens with two attached hydrogens (primary N) is 1. The molecule has 0 amide bonds. The predicted molar refractivity (Wildman–Crippen MR) is 81.5 cm³/mol. The number of anilines is 2. The van der Waals surface area contributed by atoms with E-state index >= 15 is 0 Å². The Hall–Kier alpha value is -3.03. The van der Waals surface area contributed by atoms with Crippen molar-refractivity contribution in [3.8, 4) is 0 Å². The van der Waals surface area contributed by atoms with Gasteiger partial charge in [0.2, 0.25) is 0 Å². The van der Waals surface area contributed by atoms with Crippen molar-refractivity contribution in [1.82, 2.24) is 9.97 Å². The standard InChI is InChI=1S/C14H15N5O3/c15-10-1-2-12(13(9-10)19(21)22)16-7-4-14-17-6-3-11(18-14)5-8-20/h1-3,6,8-9,16H,4-5,7,15H2. The predicted octanol–water partition coefficient (Wildman–Crippen LogP) is 1.36. The van der Waals surface area contributed by atoms with Gasteiger partial charge in [-0.2, -0.15) is 0 Å². The van der Waals surface area contributed by atoms with Gasteiger partial charge in [-0.1, -0.05) is 0 Å². The van der Waals surface area contributed by atoms with Crippen LogP contribution in [0.3, 0.4) is 0 Å². The number of benzene rings is 1. The quantitative estimate of drug-likeness (QED) is 0.342. The number of carbonyl (C=O) groups is 1. The number of carbonyl (C=O) groups excluding carboxylic acids is 1. The topological polar surface area (TPSA) is 124 Å². The van der Waals surface area contributed by atoms with Crippen LogP contribution in [0, 0.1) is 10.1 Å². The molecule has 0 saturated carbocycles. The Morgan fingerprint density at radius 2 is 2.18 bits per heavy atom. The Morgan fingerprint density at radius 1 is 1.36 bits per heavy atom. The SMILES string of the molecule is Nc1ccc(NCCc2nccc(CC=O)n2)c([N+](=O)[O-])c1. The molecule has 2 rings (SSSR count). The molecule has 0 atom stereocenters. The molecule has 0 fully saturated rings. The van der Waals surface area contributed by atoms with Gasteiger partial charge in [0, 0.05) is 37.3 Å². The number of hydrogen-bond donors (Lipinski definition) is 2. The summed E-state index contributed by atoms with van der Waals surface area (Å²) in [5.74, 6) is 0.574. The van der Waals surface area contributed by atoms with Crippen molar-refractivity contribution in [2.75, 3.05) is 17.6 Å². The van der Waals surface area contributed by atoms with Gasteiger partial charge < -0.3 is 15.8 Å². The lowest BCUT2D eigenvalue weighted by molar-refractivity contribution is -0.383. The van der Waals surface area contributed by atoms with E-state index in [2.05, 4.69) is 15.3 Å². The summed E-state index contributed by atoms with van der Waals surface area (Å²) in [7, 11) is 0. The molecule has 0 radical (unpaired) electrons. The van der Waals surface area contributed by atoms with Crippen molar-refractivity contribution in [3.63, 3.8) is 0 Å². The lowest BCUT2D eigenvalue weighted by Gasteiger charge is -2.07. The number of aldehydes is 1. The van der Waals surface area contributed by atoms with Crippen molar-refractivity contribution in [2.24, 2.45) is 0 Å². The summed E-state index contributed by atoms with van der Waals surface area (Å²) in [4.78, 5) is 29.3. The molecule has 0 bridgehead atoms. The molecule has 22 heavy (non-hydrogen) atoms. The number of nitro groups is 1. The highest BCUT2D eigenvalue weighted by molar-refractivity contribution is 5.66. The number of hydrogen-bond acceptors (Lipinski definition) is 7. The molecule has 2 aromatic rings. The summed E-state index contributed by atoms with van der Waals surface area (Å²) in [5.41, 5.74) is 6.85. The average Bonchev–Trinajstić information content (AvgIpc) is 2.49. The smallest absolute Gasteiger partial charge is 0.294 e. The van der Waals surface area contributed by atoms with Crippen LogP contribution in [0.4, 0.5) is 17.1 Å². The van der Waals surface area contributed by atoms with Crippen molar-refractivity contribution < 1.29 is 9.72 Å². The second kappa shape index (κ2) is 7.11. The first-order valence-electron chi connectivity index (χ1n) is 6.62. The molecule has 0 saturated heterocycles. The molecule has 8 heteroatoms. The fourth-order valence-corrected chi connectivity index (χ4v) is 1.92. The zero-order valence-corrected chi connectivity index (χ0v) is 11.7. The molecule has 0 aliphatic heterocycles. The highest BCUT2D eigenvalue weighted by Gasteiger charge is 2.13. The maximum absolute atomic E-state index is 11.0. The lowest BCUT2D eigenvalue weighted by Crippen LogP contribution is -2.10. The first-order valence-corrected chi connectivity index (χ1v) is 6.62. The van der Waals surface area contributed by atoms with E-state index < -0.39 is 4.92 Å². The summed E-state index contributed by atoms with van der Waals surface area (Å²) in [6.07, 6.45) is 3.09. The molecule has 1 heterocycles. The summed E-state index contributed by atoms with van der Waals surface area (Å²) in [6, 6.07) is 6.15. The van der Waals surface area contributed by atoms with E-state index in [1.54, 1.807) is 24.4 Å². The van der Waals surface area contributed by atoms with Crippen LogP contribution in [0.1, 0.15) is 11.5 Å². The molecule has 0 aliphatic rings. The summed E-state index contributed by atoms with van der Waals surface area (Å²) < 4.78 is 0. The second-order valence-corrected chi connectivity index (χ2v) is 4.55. The minimum absolute atomic E-state index is 0.0735. The average molecular weight is 301 g/mol. The van der Waals surface area contributed by atoms with Gasteiger partial charge >= 0.3 is 0 Å². The molecule has 1 aromatic heterocycles. The van der Waals surface area contributed by atoms with Gasteiger partial charge in [0.1, 0.15) is 17.8 Å². The zero-order valence-electron chi connectivity index (χ0n) is 11.7. The Balaban J connectivity index is 2.01. The maximum Gasteiger partial charge on any atom is 0.294 e. The van der Waals surface area contributed by atoms with E-state index in [1.165, 1.54) is 6.07 Å². The van der Waals surface area contributed by atoms with E-state index in [-0.39, 0.29) is 12.1 Å². The Morgan fingerprint density at radius 3 is 2.91 bits per heavy atom. The molecular weight excluding hydrogens is 286 g/mol. The highest BCUT2D eigenvalue weighted by atomic mass is 16.6. The molecular formula is C14H15N5O3. The molecule has 0 aliphatic carbocycles. The van der Waals surface area contributed by atoms with Gasteiger partial charge in [0.15, 0.2) is 0 Å². The van der Waals surface area contributed by atoms with Crippen molar-refractivity contribution in [1.29, 1.82) is 0 Å². The Bertz CT molecular complexity index is 690. The number of nitro benzene ring substituents is 1. The van der Waals surface area contributed by atoms with Crippen LogP contribution in [0.5, 0.6) is 0 Å². The normalized spacial score (nSPS) is 10.2. The van der Waals surface area contributed by atoms with Crippen molar-refractivity contribution in [2.45, 2.75) is 12.8 Å². The summed E-state index contributed by atoms with van der Waals surface area (Å²) in [5, 5.41) is 14.0. The van der Waals surface area contributed by atoms with Crippen LogP contribution in [0.25, 0.3) is 0 Å². The molecule has 8 nitrogen and oxygen atoms in total. The number of nitrogen functional groups attached to an aromatic ring is 1.